The second-order valence-corrected chi connectivity index (χ2v) is 4.33. The number of aliphatic hydroxyl groups excluding tert-OH is 2. The maximum atomic E-state index is 9.07. The fourth-order valence-electron chi connectivity index (χ4n) is 1.89. The highest BCUT2D eigenvalue weighted by molar-refractivity contribution is 4.79. The Morgan fingerprint density at radius 2 is 1.79 bits per heavy atom. The molecule has 1 fully saturated rings. The van der Waals surface area contributed by atoms with Crippen molar-refractivity contribution in [3.8, 4) is 0 Å². The topological polar surface area (TPSA) is 52.5 Å². The molecule has 0 spiro atoms. The van der Waals surface area contributed by atoms with Crippen molar-refractivity contribution in [2.75, 3.05) is 19.7 Å². The number of nitrogens with one attached hydrogen (secondary N) is 1. The molecule has 0 bridgehead atoms. The van der Waals surface area contributed by atoms with Crippen LogP contribution in [0.5, 0.6) is 0 Å². The van der Waals surface area contributed by atoms with E-state index < -0.39 is 0 Å². The Balaban J connectivity index is 1.72. The minimum atomic E-state index is -0.0219. The van der Waals surface area contributed by atoms with E-state index in [1.54, 1.807) is 0 Å². The minimum Gasteiger partial charge on any atom is -0.396 e. The lowest BCUT2D eigenvalue weighted by molar-refractivity contribution is 0.0431. The minimum absolute atomic E-state index is 0.0219. The van der Waals surface area contributed by atoms with Gasteiger partial charge in [-0.2, -0.15) is 0 Å². The first-order chi connectivity index (χ1) is 6.83. The molecule has 1 rings (SSSR count). The van der Waals surface area contributed by atoms with Gasteiger partial charge in [-0.15, -0.1) is 0 Å². The Labute approximate surface area is 86.5 Å². The van der Waals surface area contributed by atoms with Crippen LogP contribution in [0.2, 0.25) is 0 Å². The van der Waals surface area contributed by atoms with Gasteiger partial charge in [0.2, 0.25) is 0 Å². The molecule has 0 aliphatic heterocycles. The zero-order chi connectivity index (χ0) is 10.2. The van der Waals surface area contributed by atoms with Crippen LogP contribution in [0, 0.1) is 5.92 Å². The number of aliphatic hydroxyl groups is 2. The summed E-state index contributed by atoms with van der Waals surface area (Å²) in [5.41, 5.74) is 0. The van der Waals surface area contributed by atoms with E-state index in [1.165, 1.54) is 12.8 Å². The van der Waals surface area contributed by atoms with Gasteiger partial charge in [0.15, 0.2) is 0 Å². The average Bonchev–Trinajstić information content (AvgIpc) is 2.13. The van der Waals surface area contributed by atoms with Gasteiger partial charge in [-0.3, -0.25) is 0 Å². The smallest absolute Gasteiger partial charge is 0.0546 e. The first kappa shape index (κ1) is 12.0. The Kier molecular flexibility index (Phi) is 6.15. The van der Waals surface area contributed by atoms with Gasteiger partial charge in [-0.25, -0.2) is 0 Å². The first-order valence-corrected chi connectivity index (χ1v) is 5.82. The molecule has 0 saturated heterocycles. The third kappa shape index (κ3) is 4.94. The fraction of sp³-hybridized carbons (Fsp3) is 1.00. The van der Waals surface area contributed by atoms with Gasteiger partial charge in [0.1, 0.15) is 0 Å². The highest BCUT2D eigenvalue weighted by Gasteiger charge is 2.26. The van der Waals surface area contributed by atoms with Crippen LogP contribution in [-0.4, -0.2) is 36.0 Å². The number of hydrogen-bond donors (Lipinski definition) is 3. The molecule has 0 atom stereocenters. The van der Waals surface area contributed by atoms with Crippen LogP contribution in [0.3, 0.4) is 0 Å². The van der Waals surface area contributed by atoms with Gasteiger partial charge in [0.25, 0.3) is 0 Å². The molecule has 84 valence electrons. The number of hydrogen-bond acceptors (Lipinski definition) is 3. The normalized spacial score (nSPS) is 26.1. The first-order valence-electron chi connectivity index (χ1n) is 5.82. The highest BCUT2D eigenvalue weighted by Crippen LogP contribution is 2.25. The van der Waals surface area contributed by atoms with Gasteiger partial charge >= 0.3 is 0 Å². The maximum absolute atomic E-state index is 9.07. The summed E-state index contributed by atoms with van der Waals surface area (Å²) >= 11 is 0. The summed E-state index contributed by atoms with van der Waals surface area (Å²) in [6.07, 6.45) is 6.44. The summed E-state index contributed by atoms with van der Waals surface area (Å²) in [7, 11) is 0. The molecule has 1 aliphatic carbocycles. The Bertz CT molecular complexity index is 135. The lowest BCUT2D eigenvalue weighted by atomic mass is 9.82. The summed E-state index contributed by atoms with van der Waals surface area (Å²) in [4.78, 5) is 0. The monoisotopic (exact) mass is 201 g/mol. The molecule has 14 heavy (non-hydrogen) atoms. The van der Waals surface area contributed by atoms with Crippen LogP contribution in [0.15, 0.2) is 0 Å². The molecule has 0 aromatic rings. The van der Waals surface area contributed by atoms with Crippen molar-refractivity contribution in [2.45, 2.75) is 44.6 Å². The molecule has 1 aliphatic rings. The standard InChI is InChI=1S/C11H23NO2/c13-6-4-2-1-3-5-12-9-10-7-11(14)8-10/h10-14H,1-9H2. The van der Waals surface area contributed by atoms with E-state index in [0.29, 0.717) is 12.5 Å². The molecule has 3 N–H and O–H groups in total. The zero-order valence-corrected chi connectivity index (χ0v) is 8.91. The van der Waals surface area contributed by atoms with Crippen LogP contribution in [0.1, 0.15) is 38.5 Å². The van der Waals surface area contributed by atoms with E-state index >= 15 is 0 Å². The molecule has 1 saturated carbocycles. The van der Waals surface area contributed by atoms with Crippen molar-refractivity contribution < 1.29 is 10.2 Å². The largest absolute Gasteiger partial charge is 0.396 e. The molecule has 0 aromatic heterocycles. The fourth-order valence-corrected chi connectivity index (χ4v) is 1.89. The zero-order valence-electron chi connectivity index (χ0n) is 8.91. The van der Waals surface area contributed by atoms with Crippen molar-refractivity contribution in [1.29, 1.82) is 0 Å². The molecular weight excluding hydrogens is 178 g/mol. The second-order valence-electron chi connectivity index (χ2n) is 4.33. The second kappa shape index (κ2) is 7.21. The van der Waals surface area contributed by atoms with Crippen LogP contribution in [0.25, 0.3) is 0 Å². The van der Waals surface area contributed by atoms with Gasteiger partial charge < -0.3 is 15.5 Å². The molecule has 3 nitrogen and oxygen atoms in total. The predicted molar refractivity (Wildman–Crippen MR) is 57.2 cm³/mol. The van der Waals surface area contributed by atoms with Crippen molar-refractivity contribution in [2.24, 2.45) is 5.92 Å². The van der Waals surface area contributed by atoms with Crippen LogP contribution in [-0.2, 0) is 0 Å². The Morgan fingerprint density at radius 1 is 1.07 bits per heavy atom. The summed E-state index contributed by atoms with van der Waals surface area (Å²) < 4.78 is 0. The third-order valence-electron chi connectivity index (χ3n) is 2.91. The predicted octanol–water partition coefficient (Wildman–Crippen LogP) is 0.900. The SMILES string of the molecule is OCCCCCCNCC1CC(O)C1. The summed E-state index contributed by atoms with van der Waals surface area (Å²) in [6.45, 7) is 2.47. The third-order valence-corrected chi connectivity index (χ3v) is 2.91. The maximum Gasteiger partial charge on any atom is 0.0546 e. The van der Waals surface area contributed by atoms with Gasteiger partial charge in [0.05, 0.1) is 6.10 Å². The van der Waals surface area contributed by atoms with Crippen molar-refractivity contribution in [1.82, 2.24) is 5.32 Å². The molecule has 0 unspecified atom stereocenters. The number of unbranched alkanes of at least 4 members (excludes halogenated alkanes) is 3. The average molecular weight is 201 g/mol. The molecule has 0 amide bonds. The molecule has 0 heterocycles. The van der Waals surface area contributed by atoms with Gasteiger partial charge in [-0.1, -0.05) is 12.8 Å². The Morgan fingerprint density at radius 3 is 2.43 bits per heavy atom. The van der Waals surface area contributed by atoms with E-state index in [0.717, 1.165) is 38.8 Å². The van der Waals surface area contributed by atoms with E-state index in [2.05, 4.69) is 5.32 Å². The van der Waals surface area contributed by atoms with E-state index in [1.807, 2.05) is 0 Å². The van der Waals surface area contributed by atoms with Crippen LogP contribution >= 0.6 is 0 Å². The van der Waals surface area contributed by atoms with Crippen molar-refractivity contribution >= 4 is 0 Å². The molecule has 0 radical (unpaired) electrons. The van der Waals surface area contributed by atoms with E-state index in [4.69, 9.17) is 10.2 Å². The lowest BCUT2D eigenvalue weighted by Crippen LogP contribution is -2.36. The van der Waals surface area contributed by atoms with Gasteiger partial charge in [0, 0.05) is 6.61 Å². The Hall–Kier alpha value is -0.120. The summed E-state index contributed by atoms with van der Waals surface area (Å²) in [5.74, 6) is 0.711. The highest BCUT2D eigenvalue weighted by atomic mass is 16.3. The summed E-state index contributed by atoms with van der Waals surface area (Å²) in [6, 6.07) is 0. The van der Waals surface area contributed by atoms with E-state index in [-0.39, 0.29) is 6.10 Å². The molecular formula is C11H23NO2. The molecule has 0 aromatic carbocycles. The van der Waals surface area contributed by atoms with Crippen LogP contribution in [0.4, 0.5) is 0 Å². The van der Waals surface area contributed by atoms with Gasteiger partial charge in [-0.05, 0) is 44.7 Å². The molecule has 3 heteroatoms. The van der Waals surface area contributed by atoms with Crippen molar-refractivity contribution in [3.05, 3.63) is 0 Å². The summed E-state index contributed by atoms with van der Waals surface area (Å²) in [5, 5.41) is 21.0. The quantitative estimate of drug-likeness (QED) is 0.511. The van der Waals surface area contributed by atoms with Crippen LogP contribution < -0.4 is 5.32 Å². The number of rotatable bonds is 8. The lowest BCUT2D eigenvalue weighted by Gasteiger charge is -2.31. The van der Waals surface area contributed by atoms with Crippen molar-refractivity contribution in [3.63, 3.8) is 0 Å². The van der Waals surface area contributed by atoms with E-state index in [9.17, 15) is 0 Å².